The Morgan fingerprint density at radius 1 is 1.18 bits per heavy atom. The zero-order chi connectivity index (χ0) is 20.3. The van der Waals surface area contributed by atoms with E-state index < -0.39 is 5.97 Å². The summed E-state index contributed by atoms with van der Waals surface area (Å²) in [5, 5.41) is 23.6. The molecule has 28 heavy (non-hydrogen) atoms. The fraction of sp³-hybridized carbons (Fsp3) is 0.100. The number of carbonyl (C=O) groups is 2. The van der Waals surface area contributed by atoms with Crippen LogP contribution in [0.15, 0.2) is 54.6 Å². The van der Waals surface area contributed by atoms with Crippen molar-refractivity contribution in [3.63, 3.8) is 0 Å². The fourth-order valence-corrected chi connectivity index (χ4v) is 2.74. The van der Waals surface area contributed by atoms with E-state index in [0.717, 1.165) is 0 Å². The van der Waals surface area contributed by atoms with Crippen LogP contribution in [0.25, 0.3) is 5.69 Å². The maximum atomic E-state index is 12.8. The van der Waals surface area contributed by atoms with E-state index in [2.05, 4.69) is 10.4 Å². The highest BCUT2D eigenvalue weighted by Crippen LogP contribution is 2.17. The van der Waals surface area contributed by atoms with E-state index in [1.54, 1.807) is 61.5 Å². The van der Waals surface area contributed by atoms with Crippen molar-refractivity contribution in [2.24, 2.45) is 5.73 Å². The second-order valence-electron chi connectivity index (χ2n) is 6.27. The molecule has 5 N–H and O–H groups in total. The van der Waals surface area contributed by atoms with Gasteiger partial charge in [0.15, 0.2) is 0 Å². The van der Waals surface area contributed by atoms with Gasteiger partial charge >= 0.3 is 5.97 Å². The number of nitrogens with two attached hydrogens (primary N) is 1. The Hall–Kier alpha value is -3.94. The SMILES string of the molecule is Cc1cc(C(=O)Nc2ccc(CC(=O)O)cc2)n(-c2cccc(C(=N)N)c2)n1. The second-order valence-corrected chi connectivity index (χ2v) is 6.27. The van der Waals surface area contributed by atoms with Crippen LogP contribution >= 0.6 is 0 Å². The van der Waals surface area contributed by atoms with Crippen LogP contribution in [0, 0.1) is 12.3 Å². The third-order valence-corrected chi connectivity index (χ3v) is 4.03. The first-order chi connectivity index (χ1) is 13.3. The van der Waals surface area contributed by atoms with Crippen LogP contribution in [0.3, 0.4) is 0 Å². The maximum Gasteiger partial charge on any atom is 0.307 e. The summed E-state index contributed by atoms with van der Waals surface area (Å²) in [6.45, 7) is 1.78. The topological polar surface area (TPSA) is 134 Å². The number of nitrogens with one attached hydrogen (secondary N) is 2. The number of carbonyl (C=O) groups excluding carboxylic acids is 1. The highest BCUT2D eigenvalue weighted by Gasteiger charge is 2.16. The molecule has 3 aromatic rings. The number of rotatable bonds is 6. The summed E-state index contributed by atoms with van der Waals surface area (Å²) in [5.74, 6) is -1.35. The van der Waals surface area contributed by atoms with Crippen LogP contribution in [0.4, 0.5) is 5.69 Å². The predicted octanol–water partition coefficient (Wildman–Crippen LogP) is 2.34. The summed E-state index contributed by atoms with van der Waals surface area (Å²) in [4.78, 5) is 23.5. The lowest BCUT2D eigenvalue weighted by Crippen LogP contribution is -2.17. The van der Waals surface area contributed by atoms with E-state index in [1.165, 1.54) is 4.68 Å². The molecule has 0 bridgehead atoms. The maximum absolute atomic E-state index is 12.8. The Labute approximate surface area is 161 Å². The van der Waals surface area contributed by atoms with Gasteiger partial charge in [-0.3, -0.25) is 15.0 Å². The Morgan fingerprint density at radius 3 is 2.54 bits per heavy atom. The van der Waals surface area contributed by atoms with E-state index in [-0.39, 0.29) is 18.2 Å². The largest absolute Gasteiger partial charge is 0.481 e. The quantitative estimate of drug-likeness (QED) is 0.386. The fourth-order valence-electron chi connectivity index (χ4n) is 2.74. The molecule has 0 saturated heterocycles. The van der Waals surface area contributed by atoms with Gasteiger partial charge in [-0.2, -0.15) is 5.10 Å². The molecular weight excluding hydrogens is 358 g/mol. The molecular formula is C20H19N5O3. The second kappa shape index (κ2) is 7.75. The van der Waals surface area contributed by atoms with Crippen molar-refractivity contribution >= 4 is 23.4 Å². The van der Waals surface area contributed by atoms with Crippen molar-refractivity contribution in [1.29, 1.82) is 5.41 Å². The number of anilines is 1. The van der Waals surface area contributed by atoms with Crippen molar-refractivity contribution in [3.8, 4) is 5.69 Å². The molecule has 8 heteroatoms. The average molecular weight is 377 g/mol. The van der Waals surface area contributed by atoms with Crippen LogP contribution < -0.4 is 11.1 Å². The minimum atomic E-state index is -0.913. The third kappa shape index (κ3) is 4.24. The van der Waals surface area contributed by atoms with Gasteiger partial charge < -0.3 is 16.2 Å². The summed E-state index contributed by atoms with van der Waals surface area (Å²) in [6, 6.07) is 15.2. The third-order valence-electron chi connectivity index (χ3n) is 4.03. The Bertz CT molecular complexity index is 1050. The summed E-state index contributed by atoms with van der Waals surface area (Å²) in [7, 11) is 0. The molecule has 142 valence electrons. The molecule has 3 rings (SSSR count). The zero-order valence-electron chi connectivity index (χ0n) is 15.1. The van der Waals surface area contributed by atoms with Crippen molar-refractivity contribution in [1.82, 2.24) is 9.78 Å². The number of aliphatic carboxylic acids is 1. The number of hydrogen-bond acceptors (Lipinski definition) is 4. The van der Waals surface area contributed by atoms with Crippen LogP contribution in [-0.2, 0) is 11.2 Å². The summed E-state index contributed by atoms with van der Waals surface area (Å²) in [6.07, 6.45) is -0.0767. The van der Waals surface area contributed by atoms with Gasteiger partial charge in [0.2, 0.25) is 0 Å². The summed E-state index contributed by atoms with van der Waals surface area (Å²) in [5.41, 5.74) is 8.87. The van der Waals surface area contributed by atoms with E-state index in [9.17, 15) is 9.59 Å². The monoisotopic (exact) mass is 377 g/mol. The Kier molecular flexibility index (Phi) is 5.21. The molecule has 1 aromatic heterocycles. The Balaban J connectivity index is 1.86. The van der Waals surface area contributed by atoms with Crippen LogP contribution in [0.2, 0.25) is 0 Å². The molecule has 0 atom stereocenters. The van der Waals surface area contributed by atoms with Gasteiger partial charge in [0.05, 0.1) is 17.8 Å². The molecule has 0 aliphatic rings. The van der Waals surface area contributed by atoms with Crippen LogP contribution in [0.1, 0.15) is 27.3 Å². The minimum Gasteiger partial charge on any atom is -0.481 e. The number of carboxylic acids is 1. The first-order valence-corrected chi connectivity index (χ1v) is 8.47. The standard InChI is InChI=1S/C20H19N5O3/c1-12-9-17(25(24-12)16-4-2-3-14(11-16)19(21)22)20(28)23-15-7-5-13(6-8-15)10-18(26)27/h2-9,11H,10H2,1H3,(H3,21,22)(H,23,28)(H,26,27). The van der Waals surface area contributed by atoms with Crippen molar-refractivity contribution in [3.05, 3.63) is 77.1 Å². The number of aromatic nitrogens is 2. The van der Waals surface area contributed by atoms with Gasteiger partial charge in [-0.25, -0.2) is 4.68 Å². The molecule has 0 saturated carbocycles. The smallest absolute Gasteiger partial charge is 0.307 e. The zero-order valence-corrected chi connectivity index (χ0v) is 15.1. The number of amides is 1. The molecule has 1 amide bonds. The number of nitrogen functional groups attached to an aromatic ring is 1. The molecule has 8 nitrogen and oxygen atoms in total. The molecule has 0 radical (unpaired) electrons. The number of aryl methyl sites for hydroxylation is 1. The first kappa shape index (κ1) is 18.8. The predicted molar refractivity (Wildman–Crippen MR) is 105 cm³/mol. The summed E-state index contributed by atoms with van der Waals surface area (Å²) < 4.78 is 1.50. The Morgan fingerprint density at radius 2 is 1.89 bits per heavy atom. The van der Waals surface area contributed by atoms with Crippen molar-refractivity contribution in [2.75, 3.05) is 5.32 Å². The van der Waals surface area contributed by atoms with Gasteiger partial charge in [-0.05, 0) is 42.8 Å². The first-order valence-electron chi connectivity index (χ1n) is 8.47. The highest BCUT2D eigenvalue weighted by molar-refractivity contribution is 6.03. The van der Waals surface area contributed by atoms with Gasteiger partial charge in [0.1, 0.15) is 11.5 Å². The molecule has 0 aliphatic heterocycles. The molecule has 0 spiro atoms. The minimum absolute atomic E-state index is 0.0711. The molecule has 1 heterocycles. The van der Waals surface area contributed by atoms with Gasteiger partial charge in [-0.1, -0.05) is 24.3 Å². The lowest BCUT2D eigenvalue weighted by molar-refractivity contribution is -0.136. The van der Waals surface area contributed by atoms with Crippen LogP contribution in [-0.4, -0.2) is 32.6 Å². The number of amidine groups is 1. The lowest BCUT2D eigenvalue weighted by Gasteiger charge is -2.10. The highest BCUT2D eigenvalue weighted by atomic mass is 16.4. The van der Waals surface area contributed by atoms with Gasteiger partial charge in [0.25, 0.3) is 5.91 Å². The van der Waals surface area contributed by atoms with Gasteiger partial charge in [-0.15, -0.1) is 0 Å². The number of nitrogens with zero attached hydrogens (tertiary/aromatic N) is 2. The molecule has 0 unspecified atom stereocenters. The molecule has 0 fully saturated rings. The van der Waals surface area contributed by atoms with E-state index in [4.69, 9.17) is 16.2 Å². The normalized spacial score (nSPS) is 10.5. The average Bonchev–Trinajstić information content (AvgIpc) is 3.05. The summed E-state index contributed by atoms with van der Waals surface area (Å²) >= 11 is 0. The molecule has 2 aromatic carbocycles. The van der Waals surface area contributed by atoms with E-state index >= 15 is 0 Å². The van der Waals surface area contributed by atoms with Crippen molar-refractivity contribution < 1.29 is 14.7 Å². The number of benzene rings is 2. The van der Waals surface area contributed by atoms with E-state index in [1.807, 2.05) is 0 Å². The molecule has 0 aliphatic carbocycles. The lowest BCUT2D eigenvalue weighted by atomic mass is 10.1. The number of carboxylic acid groups (broad SMARTS) is 1. The van der Waals surface area contributed by atoms with Crippen LogP contribution in [0.5, 0.6) is 0 Å². The van der Waals surface area contributed by atoms with Crippen molar-refractivity contribution in [2.45, 2.75) is 13.3 Å². The number of hydrogen-bond donors (Lipinski definition) is 4. The van der Waals surface area contributed by atoms with Gasteiger partial charge in [0, 0.05) is 11.3 Å². The van der Waals surface area contributed by atoms with E-state index in [0.29, 0.717) is 33.9 Å².